The lowest BCUT2D eigenvalue weighted by Crippen LogP contribution is -2.33. The molecule has 2 heteroatoms. The van der Waals surface area contributed by atoms with E-state index in [9.17, 15) is 0 Å². The Bertz CT molecular complexity index is 136. The Labute approximate surface area is 81.9 Å². The third-order valence-corrected chi connectivity index (χ3v) is 2.94. The maximum absolute atomic E-state index is 9.10. The summed E-state index contributed by atoms with van der Waals surface area (Å²) in [5, 5.41) is 9.10. The van der Waals surface area contributed by atoms with Crippen LogP contribution in [-0.4, -0.2) is 35.7 Å². The Morgan fingerprint density at radius 3 is 2.85 bits per heavy atom. The van der Waals surface area contributed by atoms with Gasteiger partial charge in [0.25, 0.3) is 0 Å². The Hall–Kier alpha value is -0.0800. The fourth-order valence-corrected chi connectivity index (χ4v) is 2.10. The highest BCUT2D eigenvalue weighted by molar-refractivity contribution is 4.78. The zero-order valence-corrected chi connectivity index (χ0v) is 9.00. The van der Waals surface area contributed by atoms with Gasteiger partial charge in [-0.15, -0.1) is 0 Å². The molecule has 0 aromatic carbocycles. The molecule has 1 atom stereocenters. The summed E-state index contributed by atoms with van der Waals surface area (Å²) in [7, 11) is 0. The van der Waals surface area contributed by atoms with Crippen LogP contribution in [0.3, 0.4) is 0 Å². The lowest BCUT2D eigenvalue weighted by atomic mass is 10.1. The predicted octanol–water partition coefficient (Wildman–Crippen LogP) is 1.88. The van der Waals surface area contributed by atoms with Crippen molar-refractivity contribution in [3.8, 4) is 0 Å². The predicted molar refractivity (Wildman–Crippen MR) is 55.8 cm³/mol. The van der Waals surface area contributed by atoms with Gasteiger partial charge < -0.3 is 5.11 Å². The van der Waals surface area contributed by atoms with Crippen LogP contribution in [0.1, 0.15) is 39.5 Å². The van der Waals surface area contributed by atoms with E-state index in [-0.39, 0.29) is 0 Å². The van der Waals surface area contributed by atoms with E-state index in [2.05, 4.69) is 18.7 Å². The summed E-state index contributed by atoms with van der Waals surface area (Å²) >= 11 is 0. The van der Waals surface area contributed by atoms with Crippen molar-refractivity contribution < 1.29 is 5.11 Å². The highest BCUT2D eigenvalue weighted by atomic mass is 16.3. The number of likely N-dealkylation sites (tertiary alicyclic amines) is 1. The molecule has 0 radical (unpaired) electrons. The molecular weight excluding hydrogens is 162 g/mol. The average molecular weight is 185 g/mol. The molecule has 0 saturated carbocycles. The molecule has 1 aliphatic heterocycles. The Balaban J connectivity index is 2.13. The SMILES string of the molecule is CC(C)CCCN1CCCC1CO. The average Bonchev–Trinajstić information content (AvgIpc) is 2.51. The minimum Gasteiger partial charge on any atom is -0.395 e. The van der Waals surface area contributed by atoms with Gasteiger partial charge in [-0.1, -0.05) is 13.8 Å². The minimum atomic E-state index is 0.349. The molecule has 2 nitrogen and oxygen atoms in total. The molecule has 1 heterocycles. The molecule has 13 heavy (non-hydrogen) atoms. The molecule has 1 saturated heterocycles. The van der Waals surface area contributed by atoms with Crippen LogP contribution in [0.4, 0.5) is 0 Å². The Morgan fingerprint density at radius 2 is 2.23 bits per heavy atom. The second-order valence-electron chi connectivity index (χ2n) is 4.55. The highest BCUT2D eigenvalue weighted by Gasteiger charge is 2.22. The van der Waals surface area contributed by atoms with Gasteiger partial charge in [-0.2, -0.15) is 0 Å². The number of hydrogen-bond donors (Lipinski definition) is 1. The summed E-state index contributed by atoms with van der Waals surface area (Å²) in [4.78, 5) is 2.45. The summed E-state index contributed by atoms with van der Waals surface area (Å²) in [6.45, 7) is 7.27. The zero-order valence-electron chi connectivity index (χ0n) is 9.00. The van der Waals surface area contributed by atoms with Gasteiger partial charge in [-0.3, -0.25) is 4.90 Å². The maximum atomic E-state index is 9.10. The summed E-state index contributed by atoms with van der Waals surface area (Å²) in [6, 6.07) is 0.465. The van der Waals surface area contributed by atoms with Crippen molar-refractivity contribution in [1.29, 1.82) is 0 Å². The van der Waals surface area contributed by atoms with Crippen molar-refractivity contribution in [2.24, 2.45) is 5.92 Å². The molecule has 0 aromatic heterocycles. The topological polar surface area (TPSA) is 23.5 Å². The Morgan fingerprint density at radius 1 is 1.46 bits per heavy atom. The van der Waals surface area contributed by atoms with E-state index in [1.807, 2.05) is 0 Å². The molecule has 0 amide bonds. The van der Waals surface area contributed by atoms with Crippen LogP contribution in [0.25, 0.3) is 0 Å². The normalized spacial score (nSPS) is 24.5. The van der Waals surface area contributed by atoms with E-state index in [0.29, 0.717) is 12.6 Å². The first kappa shape index (κ1) is 11.0. The van der Waals surface area contributed by atoms with Crippen LogP contribution >= 0.6 is 0 Å². The standard InChI is InChI=1S/C11H23NO/c1-10(2)5-3-7-12-8-4-6-11(12)9-13/h10-11,13H,3-9H2,1-2H3. The maximum Gasteiger partial charge on any atom is 0.0586 e. The van der Waals surface area contributed by atoms with Crippen molar-refractivity contribution in [3.05, 3.63) is 0 Å². The van der Waals surface area contributed by atoms with Crippen molar-refractivity contribution in [2.75, 3.05) is 19.7 Å². The molecule has 0 aromatic rings. The quantitative estimate of drug-likeness (QED) is 0.707. The molecule has 0 spiro atoms. The zero-order chi connectivity index (χ0) is 9.68. The molecule has 0 aliphatic carbocycles. The van der Waals surface area contributed by atoms with Crippen LogP contribution in [0.15, 0.2) is 0 Å². The third kappa shape index (κ3) is 3.65. The summed E-state index contributed by atoms with van der Waals surface area (Å²) in [5.74, 6) is 0.815. The Kier molecular flexibility index (Phi) is 4.74. The number of nitrogens with zero attached hydrogens (tertiary/aromatic N) is 1. The van der Waals surface area contributed by atoms with Gasteiger partial charge in [0.05, 0.1) is 6.61 Å². The van der Waals surface area contributed by atoms with Gasteiger partial charge in [0, 0.05) is 6.04 Å². The molecule has 0 bridgehead atoms. The molecule has 78 valence electrons. The summed E-state index contributed by atoms with van der Waals surface area (Å²) in [6.07, 6.45) is 5.06. The summed E-state index contributed by atoms with van der Waals surface area (Å²) < 4.78 is 0. The highest BCUT2D eigenvalue weighted by Crippen LogP contribution is 2.17. The van der Waals surface area contributed by atoms with Gasteiger partial charge >= 0.3 is 0 Å². The van der Waals surface area contributed by atoms with Crippen molar-refractivity contribution >= 4 is 0 Å². The van der Waals surface area contributed by atoms with Crippen molar-refractivity contribution in [2.45, 2.75) is 45.6 Å². The molecule has 1 N–H and O–H groups in total. The first-order chi connectivity index (χ1) is 6.24. The van der Waals surface area contributed by atoms with Gasteiger partial charge in [0.1, 0.15) is 0 Å². The number of hydrogen-bond acceptors (Lipinski definition) is 2. The van der Waals surface area contributed by atoms with Gasteiger partial charge in [-0.25, -0.2) is 0 Å². The van der Waals surface area contributed by atoms with E-state index in [4.69, 9.17) is 5.11 Å². The van der Waals surface area contributed by atoms with Gasteiger partial charge in [0.15, 0.2) is 0 Å². The van der Waals surface area contributed by atoms with Gasteiger partial charge in [0.2, 0.25) is 0 Å². The minimum absolute atomic E-state index is 0.349. The monoisotopic (exact) mass is 185 g/mol. The van der Waals surface area contributed by atoms with Crippen LogP contribution in [0.2, 0.25) is 0 Å². The molecule has 1 rings (SSSR count). The van der Waals surface area contributed by atoms with Crippen LogP contribution in [-0.2, 0) is 0 Å². The first-order valence-electron chi connectivity index (χ1n) is 5.59. The van der Waals surface area contributed by atoms with E-state index in [1.54, 1.807) is 0 Å². The fourth-order valence-electron chi connectivity index (χ4n) is 2.10. The lowest BCUT2D eigenvalue weighted by molar-refractivity contribution is 0.156. The second-order valence-corrected chi connectivity index (χ2v) is 4.55. The van der Waals surface area contributed by atoms with E-state index in [0.717, 1.165) is 5.92 Å². The smallest absolute Gasteiger partial charge is 0.0586 e. The first-order valence-corrected chi connectivity index (χ1v) is 5.59. The summed E-state index contributed by atoms with van der Waals surface area (Å²) in [5.41, 5.74) is 0. The van der Waals surface area contributed by atoms with Crippen molar-refractivity contribution in [3.63, 3.8) is 0 Å². The molecule has 1 aliphatic rings. The number of rotatable bonds is 5. The van der Waals surface area contributed by atoms with E-state index < -0.39 is 0 Å². The molecular formula is C11H23NO. The second kappa shape index (κ2) is 5.61. The molecule has 1 fully saturated rings. The largest absolute Gasteiger partial charge is 0.395 e. The van der Waals surface area contributed by atoms with Crippen LogP contribution < -0.4 is 0 Å². The van der Waals surface area contributed by atoms with Crippen LogP contribution in [0, 0.1) is 5.92 Å². The van der Waals surface area contributed by atoms with Gasteiger partial charge in [-0.05, 0) is 44.7 Å². The fraction of sp³-hybridized carbons (Fsp3) is 1.00. The van der Waals surface area contributed by atoms with Crippen molar-refractivity contribution in [1.82, 2.24) is 4.90 Å². The van der Waals surface area contributed by atoms with Crippen LogP contribution in [0.5, 0.6) is 0 Å². The van der Waals surface area contributed by atoms with E-state index >= 15 is 0 Å². The lowest BCUT2D eigenvalue weighted by Gasteiger charge is -2.22. The molecule has 1 unspecified atom stereocenters. The number of aliphatic hydroxyl groups is 1. The number of aliphatic hydroxyl groups excluding tert-OH is 1. The third-order valence-electron chi connectivity index (χ3n) is 2.94. The van der Waals surface area contributed by atoms with E-state index in [1.165, 1.54) is 38.8 Å².